The largest absolute Gasteiger partial charge is 0.444 e. The molecule has 0 aliphatic heterocycles. The SMILES string of the molecule is CC(CO)(CO[Si](C)(C)C(C)(C)C)NC(=O)OC(C)(C)C. The number of ether oxygens (including phenoxy) is 1. The summed E-state index contributed by atoms with van der Waals surface area (Å²) in [5, 5.41) is 12.4. The van der Waals surface area contributed by atoms with E-state index in [4.69, 9.17) is 9.16 Å². The standard InChI is InChI=1S/C15H33NO4Si/c1-13(2,3)20-12(18)16-15(7,10-17)11-19-21(8,9)14(4,5)6/h17H,10-11H2,1-9H3,(H,16,18). The molecule has 0 radical (unpaired) electrons. The van der Waals surface area contributed by atoms with Crippen molar-refractivity contribution in [2.24, 2.45) is 0 Å². The van der Waals surface area contributed by atoms with Crippen molar-refractivity contribution < 1.29 is 19.1 Å². The summed E-state index contributed by atoms with van der Waals surface area (Å²) >= 11 is 0. The van der Waals surface area contributed by atoms with E-state index in [1.807, 2.05) is 0 Å². The molecule has 0 rings (SSSR count). The Kier molecular flexibility index (Phi) is 6.48. The quantitative estimate of drug-likeness (QED) is 0.763. The number of hydrogen-bond donors (Lipinski definition) is 2. The topological polar surface area (TPSA) is 67.8 Å². The Hall–Kier alpha value is -0.593. The first-order valence-electron chi connectivity index (χ1n) is 7.38. The Bertz CT molecular complexity index is 358. The maximum atomic E-state index is 11.9. The third-order valence-corrected chi connectivity index (χ3v) is 8.19. The van der Waals surface area contributed by atoms with Crippen LogP contribution in [-0.4, -0.2) is 43.9 Å². The molecule has 1 unspecified atom stereocenters. The van der Waals surface area contributed by atoms with E-state index in [2.05, 4.69) is 39.2 Å². The van der Waals surface area contributed by atoms with Gasteiger partial charge in [-0.15, -0.1) is 0 Å². The summed E-state index contributed by atoms with van der Waals surface area (Å²) in [5.41, 5.74) is -1.42. The molecule has 126 valence electrons. The van der Waals surface area contributed by atoms with Crippen LogP contribution in [0.5, 0.6) is 0 Å². The predicted octanol–water partition coefficient (Wildman–Crippen LogP) is 3.28. The molecule has 1 atom stereocenters. The number of carbonyl (C=O) groups excluding carboxylic acids is 1. The van der Waals surface area contributed by atoms with Crippen molar-refractivity contribution in [1.82, 2.24) is 5.32 Å². The summed E-state index contributed by atoms with van der Waals surface area (Å²) in [6.07, 6.45) is -0.544. The van der Waals surface area contributed by atoms with E-state index >= 15 is 0 Å². The van der Waals surface area contributed by atoms with Gasteiger partial charge in [-0.1, -0.05) is 20.8 Å². The zero-order chi connectivity index (χ0) is 17.1. The number of rotatable bonds is 5. The van der Waals surface area contributed by atoms with Gasteiger partial charge in [0.15, 0.2) is 8.32 Å². The van der Waals surface area contributed by atoms with Crippen molar-refractivity contribution >= 4 is 14.4 Å². The van der Waals surface area contributed by atoms with Gasteiger partial charge in [0.05, 0.1) is 18.8 Å². The molecule has 0 aromatic rings. The first-order chi connectivity index (χ1) is 9.12. The van der Waals surface area contributed by atoms with Crippen LogP contribution >= 0.6 is 0 Å². The normalized spacial score (nSPS) is 16.3. The number of alkyl carbamates (subject to hydrolysis) is 1. The lowest BCUT2D eigenvalue weighted by Gasteiger charge is -2.39. The van der Waals surface area contributed by atoms with Crippen LogP contribution < -0.4 is 5.32 Å². The molecule has 1 amide bonds. The first-order valence-corrected chi connectivity index (χ1v) is 10.3. The number of aliphatic hydroxyl groups excluding tert-OH is 1. The highest BCUT2D eigenvalue weighted by atomic mass is 28.4. The Morgan fingerprint density at radius 1 is 1.10 bits per heavy atom. The van der Waals surface area contributed by atoms with Crippen LogP contribution in [0.3, 0.4) is 0 Å². The van der Waals surface area contributed by atoms with Crippen molar-refractivity contribution in [1.29, 1.82) is 0 Å². The van der Waals surface area contributed by atoms with Crippen LogP contribution in [0, 0.1) is 0 Å². The van der Waals surface area contributed by atoms with Gasteiger partial charge in [-0.2, -0.15) is 0 Å². The minimum absolute atomic E-state index is 0.0787. The molecule has 6 heteroatoms. The second kappa shape index (κ2) is 6.67. The van der Waals surface area contributed by atoms with Gasteiger partial charge in [-0.05, 0) is 45.8 Å². The average molecular weight is 320 g/mol. The first kappa shape index (κ1) is 20.4. The van der Waals surface area contributed by atoms with E-state index in [9.17, 15) is 9.90 Å². The lowest BCUT2D eigenvalue weighted by molar-refractivity contribution is 0.0342. The Labute approximate surface area is 130 Å². The van der Waals surface area contributed by atoms with Crippen molar-refractivity contribution in [3.8, 4) is 0 Å². The minimum Gasteiger partial charge on any atom is -0.444 e. The maximum absolute atomic E-state index is 11.9. The lowest BCUT2D eigenvalue weighted by atomic mass is 10.1. The Morgan fingerprint density at radius 3 is 1.90 bits per heavy atom. The average Bonchev–Trinajstić information content (AvgIpc) is 2.22. The molecular formula is C15H33NO4Si. The van der Waals surface area contributed by atoms with Gasteiger partial charge in [0.25, 0.3) is 0 Å². The smallest absolute Gasteiger partial charge is 0.408 e. The molecule has 0 aliphatic rings. The van der Waals surface area contributed by atoms with Crippen LogP contribution in [0.4, 0.5) is 4.79 Å². The van der Waals surface area contributed by atoms with Crippen LogP contribution in [0.25, 0.3) is 0 Å². The van der Waals surface area contributed by atoms with Crippen LogP contribution in [0.2, 0.25) is 18.1 Å². The number of carbonyl (C=O) groups is 1. The predicted molar refractivity (Wildman–Crippen MR) is 88.0 cm³/mol. The van der Waals surface area contributed by atoms with Crippen molar-refractivity contribution in [3.63, 3.8) is 0 Å². The van der Waals surface area contributed by atoms with Gasteiger partial charge in [0.1, 0.15) is 5.60 Å². The highest BCUT2D eigenvalue weighted by Crippen LogP contribution is 2.36. The van der Waals surface area contributed by atoms with Crippen molar-refractivity contribution in [3.05, 3.63) is 0 Å². The molecule has 0 aliphatic carbocycles. The summed E-state index contributed by atoms with van der Waals surface area (Å²) in [7, 11) is -1.93. The number of amides is 1. The lowest BCUT2D eigenvalue weighted by Crippen LogP contribution is -2.56. The number of aliphatic hydroxyl groups is 1. The molecular weight excluding hydrogens is 286 g/mol. The van der Waals surface area contributed by atoms with Crippen LogP contribution in [-0.2, 0) is 9.16 Å². The fourth-order valence-corrected chi connectivity index (χ4v) is 2.34. The van der Waals surface area contributed by atoms with Crippen LogP contribution in [0.1, 0.15) is 48.5 Å². The molecule has 5 nitrogen and oxygen atoms in total. The molecule has 0 spiro atoms. The molecule has 21 heavy (non-hydrogen) atoms. The minimum atomic E-state index is -1.93. The van der Waals surface area contributed by atoms with E-state index in [1.165, 1.54) is 0 Å². The summed E-state index contributed by atoms with van der Waals surface area (Å²) in [4.78, 5) is 11.9. The van der Waals surface area contributed by atoms with Gasteiger partial charge in [0, 0.05) is 0 Å². The molecule has 0 aromatic carbocycles. The molecule has 0 saturated carbocycles. The molecule has 0 saturated heterocycles. The zero-order valence-corrected chi connectivity index (χ0v) is 16.1. The number of nitrogens with one attached hydrogen (secondary N) is 1. The van der Waals surface area contributed by atoms with Gasteiger partial charge < -0.3 is 19.6 Å². The summed E-state index contributed by atoms with van der Waals surface area (Å²) in [6, 6.07) is 0. The van der Waals surface area contributed by atoms with Crippen LogP contribution in [0.15, 0.2) is 0 Å². The fourth-order valence-electron chi connectivity index (χ4n) is 1.23. The second-order valence-electron chi connectivity index (χ2n) is 8.39. The Morgan fingerprint density at radius 2 is 1.57 bits per heavy atom. The summed E-state index contributed by atoms with van der Waals surface area (Å²) in [5.74, 6) is 0. The zero-order valence-electron chi connectivity index (χ0n) is 15.1. The Balaban J connectivity index is 4.72. The summed E-state index contributed by atoms with van der Waals surface area (Å²) in [6.45, 7) is 17.9. The van der Waals surface area contributed by atoms with E-state index in [1.54, 1.807) is 27.7 Å². The third kappa shape index (κ3) is 7.29. The monoisotopic (exact) mass is 319 g/mol. The van der Waals surface area contributed by atoms with Gasteiger partial charge in [-0.3, -0.25) is 0 Å². The van der Waals surface area contributed by atoms with Gasteiger partial charge in [0.2, 0.25) is 0 Å². The van der Waals surface area contributed by atoms with E-state index in [0.717, 1.165) is 0 Å². The summed E-state index contributed by atoms with van der Waals surface area (Å²) < 4.78 is 11.3. The van der Waals surface area contributed by atoms with Crippen molar-refractivity contribution in [2.75, 3.05) is 13.2 Å². The number of hydrogen-bond acceptors (Lipinski definition) is 4. The third-order valence-electron chi connectivity index (χ3n) is 3.71. The van der Waals surface area contributed by atoms with Crippen molar-refractivity contribution in [2.45, 2.75) is 77.7 Å². The van der Waals surface area contributed by atoms with E-state index in [-0.39, 0.29) is 18.3 Å². The van der Waals surface area contributed by atoms with Gasteiger partial charge >= 0.3 is 6.09 Å². The second-order valence-corrected chi connectivity index (χ2v) is 13.2. The molecule has 0 heterocycles. The highest BCUT2D eigenvalue weighted by molar-refractivity contribution is 6.74. The molecule has 0 fully saturated rings. The molecule has 0 bridgehead atoms. The molecule has 0 aromatic heterocycles. The maximum Gasteiger partial charge on any atom is 0.408 e. The van der Waals surface area contributed by atoms with E-state index < -0.39 is 25.6 Å². The molecule has 2 N–H and O–H groups in total. The van der Waals surface area contributed by atoms with E-state index in [0.29, 0.717) is 0 Å². The fraction of sp³-hybridized carbons (Fsp3) is 0.933. The highest BCUT2D eigenvalue weighted by Gasteiger charge is 2.39. The van der Waals surface area contributed by atoms with Gasteiger partial charge in [-0.25, -0.2) is 4.79 Å².